The van der Waals surface area contributed by atoms with Gasteiger partial charge in [-0.1, -0.05) is 0 Å². The lowest BCUT2D eigenvalue weighted by molar-refractivity contribution is 0.0914. The molecule has 2 saturated heterocycles. The Balaban J connectivity index is 0.00000280. The van der Waals surface area contributed by atoms with Gasteiger partial charge in [-0.3, -0.25) is 4.99 Å². The summed E-state index contributed by atoms with van der Waals surface area (Å²) in [5.74, 6) is 1.92. The molecule has 0 spiro atoms. The third kappa shape index (κ3) is 5.86. The zero-order chi connectivity index (χ0) is 19.1. The van der Waals surface area contributed by atoms with Crippen LogP contribution >= 0.6 is 24.0 Å². The van der Waals surface area contributed by atoms with Gasteiger partial charge in [-0.25, -0.2) is 9.78 Å². The first-order chi connectivity index (χ1) is 13.2. The Hall–Kier alpha value is -1.78. The molecule has 28 heavy (non-hydrogen) atoms. The molecule has 2 aliphatic rings. The monoisotopic (exact) mass is 502 g/mol. The lowest BCUT2D eigenvalue weighted by atomic mass is 10.2. The fourth-order valence-corrected chi connectivity index (χ4v) is 3.52. The number of hydrogen-bond donors (Lipinski definition) is 1. The maximum atomic E-state index is 11.8. The molecule has 0 aromatic carbocycles. The number of guanidine groups is 1. The van der Waals surface area contributed by atoms with Crippen molar-refractivity contribution in [2.45, 2.75) is 26.3 Å². The summed E-state index contributed by atoms with van der Waals surface area (Å²) >= 11 is 0. The number of anilines is 1. The van der Waals surface area contributed by atoms with Crippen molar-refractivity contribution < 1.29 is 9.53 Å². The molecule has 2 aliphatic heterocycles. The fourth-order valence-electron chi connectivity index (χ4n) is 3.52. The first-order valence-corrected chi connectivity index (χ1v) is 9.78. The predicted octanol–water partition coefficient (Wildman–Crippen LogP) is 2.15. The number of hydrogen-bond acceptors (Lipinski definition) is 5. The van der Waals surface area contributed by atoms with Gasteiger partial charge in [0, 0.05) is 59.1 Å². The number of rotatable bonds is 4. The van der Waals surface area contributed by atoms with Crippen molar-refractivity contribution in [1.82, 2.24) is 20.1 Å². The number of aromatic nitrogens is 1. The van der Waals surface area contributed by atoms with Crippen LogP contribution < -0.4 is 10.2 Å². The molecule has 0 atom stereocenters. The van der Waals surface area contributed by atoms with Crippen molar-refractivity contribution in [3.05, 3.63) is 23.9 Å². The normalized spacial score (nSPS) is 17.4. The minimum Gasteiger partial charge on any atom is -0.450 e. The van der Waals surface area contributed by atoms with Crippen LogP contribution in [0.15, 0.2) is 23.3 Å². The molecule has 0 unspecified atom stereocenters. The standard InChI is InChI=1S/C19H30N6O2.HI/c1-3-27-19(26)25-12-10-24(11-13-25)18(20-2)22-15-16-6-7-21-17(14-16)23-8-4-5-9-23;/h6-7,14H,3-5,8-13,15H2,1-2H3,(H,20,22);1H. The van der Waals surface area contributed by atoms with Gasteiger partial charge in [0.1, 0.15) is 5.82 Å². The van der Waals surface area contributed by atoms with E-state index < -0.39 is 0 Å². The second-order valence-electron chi connectivity index (χ2n) is 6.79. The van der Waals surface area contributed by atoms with Gasteiger partial charge in [-0.05, 0) is 37.5 Å². The van der Waals surface area contributed by atoms with Crippen LogP contribution in [0.5, 0.6) is 0 Å². The van der Waals surface area contributed by atoms with E-state index in [4.69, 9.17) is 4.74 Å². The van der Waals surface area contributed by atoms with Crippen LogP contribution in [0.25, 0.3) is 0 Å². The second kappa shape index (κ2) is 11.3. The van der Waals surface area contributed by atoms with Gasteiger partial charge in [0.25, 0.3) is 0 Å². The lowest BCUT2D eigenvalue weighted by Gasteiger charge is -2.35. The number of carbonyl (C=O) groups is 1. The van der Waals surface area contributed by atoms with E-state index in [-0.39, 0.29) is 30.1 Å². The maximum absolute atomic E-state index is 11.8. The number of carbonyl (C=O) groups excluding carboxylic acids is 1. The van der Waals surface area contributed by atoms with Crippen LogP contribution in [0.1, 0.15) is 25.3 Å². The molecular weight excluding hydrogens is 471 g/mol. The Morgan fingerprint density at radius 3 is 2.50 bits per heavy atom. The fraction of sp³-hybridized carbons (Fsp3) is 0.632. The summed E-state index contributed by atoms with van der Waals surface area (Å²) in [6.07, 6.45) is 4.14. The molecule has 1 aromatic heterocycles. The highest BCUT2D eigenvalue weighted by molar-refractivity contribution is 14.0. The maximum Gasteiger partial charge on any atom is 0.409 e. The Labute approximate surface area is 184 Å². The minimum atomic E-state index is -0.230. The van der Waals surface area contributed by atoms with Crippen LogP contribution in [0.4, 0.5) is 10.6 Å². The molecule has 1 aromatic rings. The Morgan fingerprint density at radius 1 is 1.18 bits per heavy atom. The van der Waals surface area contributed by atoms with Crippen molar-refractivity contribution in [2.24, 2.45) is 4.99 Å². The molecule has 3 heterocycles. The summed E-state index contributed by atoms with van der Waals surface area (Å²) < 4.78 is 5.07. The van der Waals surface area contributed by atoms with Crippen molar-refractivity contribution >= 4 is 41.8 Å². The van der Waals surface area contributed by atoms with Crippen LogP contribution in [0.2, 0.25) is 0 Å². The average molecular weight is 502 g/mol. The number of aliphatic imine (C=N–C) groups is 1. The van der Waals surface area contributed by atoms with E-state index in [1.54, 1.807) is 11.9 Å². The van der Waals surface area contributed by atoms with Gasteiger partial charge in [0.2, 0.25) is 0 Å². The lowest BCUT2D eigenvalue weighted by Crippen LogP contribution is -2.53. The molecule has 156 valence electrons. The molecular formula is C19H31IN6O2. The number of nitrogens with one attached hydrogen (secondary N) is 1. The van der Waals surface area contributed by atoms with Crippen LogP contribution in [-0.4, -0.2) is 79.8 Å². The number of amides is 1. The van der Waals surface area contributed by atoms with E-state index >= 15 is 0 Å². The van der Waals surface area contributed by atoms with Crippen LogP contribution in [0.3, 0.4) is 0 Å². The Morgan fingerprint density at radius 2 is 1.86 bits per heavy atom. The highest BCUT2D eigenvalue weighted by Gasteiger charge is 2.23. The van der Waals surface area contributed by atoms with Gasteiger partial charge in [0.15, 0.2) is 5.96 Å². The summed E-state index contributed by atoms with van der Waals surface area (Å²) in [5.41, 5.74) is 1.19. The first-order valence-electron chi connectivity index (χ1n) is 9.78. The highest BCUT2D eigenvalue weighted by atomic mass is 127. The molecule has 8 nitrogen and oxygen atoms in total. The Bertz CT molecular complexity index is 658. The average Bonchev–Trinajstić information content (AvgIpc) is 3.24. The third-order valence-electron chi connectivity index (χ3n) is 5.01. The minimum absolute atomic E-state index is 0. The van der Waals surface area contributed by atoms with Crippen LogP contribution in [0, 0.1) is 0 Å². The smallest absolute Gasteiger partial charge is 0.409 e. The summed E-state index contributed by atoms with van der Waals surface area (Å²) in [7, 11) is 1.79. The SMILES string of the molecule is CCOC(=O)N1CCN(C(=NC)NCc2ccnc(N3CCCC3)c2)CC1.I. The zero-order valence-electron chi connectivity index (χ0n) is 16.8. The summed E-state index contributed by atoms with van der Waals surface area (Å²) in [4.78, 5) is 27.0. The number of nitrogens with zero attached hydrogens (tertiary/aromatic N) is 5. The number of ether oxygens (including phenoxy) is 1. The molecule has 0 saturated carbocycles. The molecule has 1 amide bonds. The van der Waals surface area contributed by atoms with E-state index in [1.807, 2.05) is 19.2 Å². The van der Waals surface area contributed by atoms with E-state index in [0.29, 0.717) is 26.2 Å². The van der Waals surface area contributed by atoms with E-state index in [0.717, 1.165) is 38.0 Å². The van der Waals surface area contributed by atoms with Crippen molar-refractivity contribution in [3.63, 3.8) is 0 Å². The molecule has 0 bridgehead atoms. The van der Waals surface area contributed by atoms with Gasteiger partial charge in [0.05, 0.1) is 6.61 Å². The highest BCUT2D eigenvalue weighted by Crippen LogP contribution is 2.18. The van der Waals surface area contributed by atoms with E-state index in [2.05, 4.69) is 31.2 Å². The number of pyridine rings is 1. The van der Waals surface area contributed by atoms with Gasteiger partial charge in [-0.15, -0.1) is 24.0 Å². The van der Waals surface area contributed by atoms with Crippen LogP contribution in [-0.2, 0) is 11.3 Å². The molecule has 2 fully saturated rings. The van der Waals surface area contributed by atoms with Gasteiger partial charge >= 0.3 is 6.09 Å². The number of piperazine rings is 1. The quantitative estimate of drug-likeness (QED) is 0.387. The summed E-state index contributed by atoms with van der Waals surface area (Å²) in [6.45, 7) is 7.91. The molecule has 0 aliphatic carbocycles. The third-order valence-corrected chi connectivity index (χ3v) is 5.01. The van der Waals surface area contributed by atoms with Crippen molar-refractivity contribution in [2.75, 3.05) is 57.8 Å². The predicted molar refractivity (Wildman–Crippen MR) is 121 cm³/mol. The van der Waals surface area contributed by atoms with Crippen molar-refractivity contribution in [3.8, 4) is 0 Å². The van der Waals surface area contributed by atoms with Crippen molar-refractivity contribution in [1.29, 1.82) is 0 Å². The molecule has 3 rings (SSSR count). The van der Waals surface area contributed by atoms with E-state index in [9.17, 15) is 4.79 Å². The summed E-state index contributed by atoms with van der Waals surface area (Å²) in [6, 6.07) is 4.20. The van der Waals surface area contributed by atoms with E-state index in [1.165, 1.54) is 18.4 Å². The molecule has 0 radical (unpaired) electrons. The zero-order valence-corrected chi connectivity index (χ0v) is 19.1. The molecule has 9 heteroatoms. The Kier molecular flexibility index (Phi) is 9.07. The number of halogens is 1. The first kappa shape index (κ1) is 22.5. The topological polar surface area (TPSA) is 73.3 Å². The molecule has 1 N–H and O–H groups in total. The van der Waals surface area contributed by atoms with Gasteiger partial charge < -0.3 is 24.8 Å². The summed E-state index contributed by atoms with van der Waals surface area (Å²) in [5, 5.41) is 3.44. The van der Waals surface area contributed by atoms with Gasteiger partial charge in [-0.2, -0.15) is 0 Å². The second-order valence-corrected chi connectivity index (χ2v) is 6.79. The largest absolute Gasteiger partial charge is 0.450 e.